The summed E-state index contributed by atoms with van der Waals surface area (Å²) in [6, 6.07) is 0. The van der Waals surface area contributed by atoms with Crippen LogP contribution in [-0.4, -0.2) is 27.8 Å². The molecule has 0 spiro atoms. The molecule has 1 saturated carbocycles. The first kappa shape index (κ1) is 13.0. The Balaban J connectivity index is 2.28. The van der Waals surface area contributed by atoms with Crippen LogP contribution in [0.15, 0.2) is 0 Å². The highest BCUT2D eigenvalue weighted by Gasteiger charge is 2.51. The Kier molecular flexibility index (Phi) is 5.12. The van der Waals surface area contributed by atoms with E-state index in [1.54, 1.807) is 0 Å². The molecule has 0 aromatic heterocycles. The number of ketones is 1. The van der Waals surface area contributed by atoms with Crippen LogP contribution in [0, 0.1) is 0 Å². The Bertz CT molecular complexity index is 251. The maximum atomic E-state index is 11.5. The molecule has 5 heteroatoms. The van der Waals surface area contributed by atoms with Crippen LogP contribution in [0.5, 0.6) is 0 Å². The SMILES string of the molecule is CCCCOC(=O)SC1(C(=O)CBr)CC1. The van der Waals surface area contributed by atoms with Gasteiger partial charge in [0.15, 0.2) is 5.78 Å². The zero-order valence-electron chi connectivity index (χ0n) is 8.75. The standard InChI is InChI=1S/C10H15BrO3S/c1-2-3-6-14-9(13)15-10(4-5-10)8(12)7-11/h2-7H2,1H3. The predicted octanol–water partition coefficient (Wildman–Crippen LogP) is 3.15. The van der Waals surface area contributed by atoms with Crippen LogP contribution in [0.4, 0.5) is 4.79 Å². The average Bonchev–Trinajstić information content (AvgIpc) is 2.98. The molecule has 0 saturated heterocycles. The molecule has 0 amide bonds. The monoisotopic (exact) mass is 294 g/mol. The van der Waals surface area contributed by atoms with Gasteiger partial charge >= 0.3 is 5.30 Å². The average molecular weight is 295 g/mol. The summed E-state index contributed by atoms with van der Waals surface area (Å²) in [6.45, 7) is 2.50. The van der Waals surface area contributed by atoms with Gasteiger partial charge in [-0.1, -0.05) is 29.3 Å². The molecule has 1 fully saturated rings. The number of carbonyl (C=O) groups is 2. The van der Waals surface area contributed by atoms with Crippen LogP contribution < -0.4 is 0 Å². The van der Waals surface area contributed by atoms with E-state index in [2.05, 4.69) is 15.9 Å². The lowest BCUT2D eigenvalue weighted by Crippen LogP contribution is -2.22. The Morgan fingerprint density at radius 3 is 2.60 bits per heavy atom. The van der Waals surface area contributed by atoms with Crippen LogP contribution in [0.3, 0.4) is 0 Å². The van der Waals surface area contributed by atoms with E-state index in [0.717, 1.165) is 37.4 Å². The fraction of sp³-hybridized carbons (Fsp3) is 0.800. The van der Waals surface area contributed by atoms with Crippen LogP contribution in [-0.2, 0) is 9.53 Å². The van der Waals surface area contributed by atoms with E-state index in [1.165, 1.54) is 0 Å². The Hall–Kier alpha value is -0.0300. The smallest absolute Gasteiger partial charge is 0.368 e. The van der Waals surface area contributed by atoms with Gasteiger partial charge in [0.05, 0.1) is 16.7 Å². The number of hydrogen-bond donors (Lipinski definition) is 0. The van der Waals surface area contributed by atoms with Crippen LogP contribution >= 0.6 is 27.7 Å². The lowest BCUT2D eigenvalue weighted by molar-refractivity contribution is -0.116. The second kappa shape index (κ2) is 5.89. The molecule has 15 heavy (non-hydrogen) atoms. The van der Waals surface area contributed by atoms with Crippen molar-refractivity contribution in [2.24, 2.45) is 0 Å². The van der Waals surface area contributed by atoms with Crippen molar-refractivity contribution in [1.82, 2.24) is 0 Å². The minimum absolute atomic E-state index is 0.0972. The lowest BCUT2D eigenvalue weighted by Gasteiger charge is -2.10. The van der Waals surface area contributed by atoms with Gasteiger partial charge in [0.1, 0.15) is 0 Å². The summed E-state index contributed by atoms with van der Waals surface area (Å²) in [7, 11) is 0. The molecule has 86 valence electrons. The summed E-state index contributed by atoms with van der Waals surface area (Å²) in [5.74, 6) is 0.0972. The summed E-state index contributed by atoms with van der Waals surface area (Å²) in [5.41, 5.74) is 0. The third-order valence-corrected chi connectivity index (χ3v) is 4.15. The number of ether oxygens (including phenoxy) is 1. The predicted molar refractivity (Wildman–Crippen MR) is 64.6 cm³/mol. The van der Waals surface area contributed by atoms with Crippen molar-refractivity contribution in [3.05, 3.63) is 0 Å². The molecular formula is C10H15BrO3S. The summed E-state index contributed by atoms with van der Waals surface area (Å²) < 4.78 is 4.54. The highest BCUT2D eigenvalue weighted by Crippen LogP contribution is 2.50. The molecule has 0 unspecified atom stereocenters. The minimum atomic E-state index is -0.465. The van der Waals surface area contributed by atoms with E-state index in [9.17, 15) is 9.59 Å². The number of hydrogen-bond acceptors (Lipinski definition) is 4. The van der Waals surface area contributed by atoms with Gasteiger partial charge < -0.3 is 4.74 Å². The zero-order chi connectivity index (χ0) is 11.3. The van der Waals surface area contributed by atoms with Crippen molar-refractivity contribution in [2.75, 3.05) is 11.9 Å². The van der Waals surface area contributed by atoms with Crippen molar-refractivity contribution in [1.29, 1.82) is 0 Å². The molecule has 0 bridgehead atoms. The van der Waals surface area contributed by atoms with Gasteiger partial charge in [-0.05, 0) is 31.0 Å². The second-order valence-corrected chi connectivity index (χ2v) is 5.48. The molecule has 0 radical (unpaired) electrons. The molecule has 0 aromatic carbocycles. The van der Waals surface area contributed by atoms with Crippen molar-refractivity contribution in [3.8, 4) is 0 Å². The van der Waals surface area contributed by atoms with Crippen molar-refractivity contribution >= 4 is 38.8 Å². The third kappa shape index (κ3) is 3.79. The number of carbonyl (C=O) groups excluding carboxylic acids is 2. The maximum absolute atomic E-state index is 11.5. The molecule has 0 atom stereocenters. The largest absolute Gasteiger partial charge is 0.458 e. The first-order valence-electron chi connectivity index (χ1n) is 5.09. The molecule has 0 heterocycles. The van der Waals surface area contributed by atoms with E-state index < -0.39 is 4.75 Å². The van der Waals surface area contributed by atoms with E-state index in [4.69, 9.17) is 4.74 Å². The number of rotatable bonds is 6. The lowest BCUT2D eigenvalue weighted by atomic mass is 10.3. The first-order valence-corrected chi connectivity index (χ1v) is 7.03. The number of Topliss-reactive ketones (excluding diaryl/α,β-unsaturated/α-hetero) is 1. The van der Waals surface area contributed by atoms with E-state index in [0.29, 0.717) is 11.9 Å². The highest BCUT2D eigenvalue weighted by atomic mass is 79.9. The molecule has 0 N–H and O–H groups in total. The van der Waals surface area contributed by atoms with Gasteiger partial charge in [0.25, 0.3) is 0 Å². The number of alkyl halides is 1. The van der Waals surface area contributed by atoms with Gasteiger partial charge in [0.2, 0.25) is 0 Å². The van der Waals surface area contributed by atoms with Crippen molar-refractivity contribution < 1.29 is 14.3 Å². The Morgan fingerprint density at radius 1 is 1.47 bits per heavy atom. The first-order chi connectivity index (χ1) is 7.14. The number of unbranched alkanes of at least 4 members (excludes halogenated alkanes) is 1. The topological polar surface area (TPSA) is 43.4 Å². The number of halogens is 1. The Labute approximate surface area is 102 Å². The van der Waals surface area contributed by atoms with Crippen LogP contribution in [0.2, 0.25) is 0 Å². The van der Waals surface area contributed by atoms with Gasteiger partial charge in [-0.15, -0.1) is 0 Å². The van der Waals surface area contributed by atoms with Crippen molar-refractivity contribution in [3.63, 3.8) is 0 Å². The summed E-state index contributed by atoms with van der Waals surface area (Å²) in [6.07, 6.45) is 3.48. The molecule has 1 aliphatic rings. The van der Waals surface area contributed by atoms with E-state index in [1.807, 2.05) is 6.92 Å². The molecule has 1 rings (SSSR count). The minimum Gasteiger partial charge on any atom is -0.458 e. The fourth-order valence-electron chi connectivity index (χ4n) is 1.16. The molecule has 3 nitrogen and oxygen atoms in total. The van der Waals surface area contributed by atoms with E-state index >= 15 is 0 Å². The van der Waals surface area contributed by atoms with Gasteiger partial charge in [-0.2, -0.15) is 0 Å². The van der Waals surface area contributed by atoms with Crippen LogP contribution in [0.25, 0.3) is 0 Å². The third-order valence-electron chi connectivity index (χ3n) is 2.33. The molecular weight excluding hydrogens is 280 g/mol. The summed E-state index contributed by atoms with van der Waals surface area (Å²) >= 11 is 4.18. The van der Waals surface area contributed by atoms with Crippen LogP contribution in [0.1, 0.15) is 32.6 Å². The second-order valence-electron chi connectivity index (χ2n) is 3.61. The zero-order valence-corrected chi connectivity index (χ0v) is 11.2. The normalized spacial score (nSPS) is 17.2. The molecule has 1 aliphatic carbocycles. The highest BCUT2D eigenvalue weighted by molar-refractivity contribution is 9.09. The summed E-state index contributed by atoms with van der Waals surface area (Å²) in [4.78, 5) is 22.9. The molecule has 0 aliphatic heterocycles. The Morgan fingerprint density at radius 2 is 2.13 bits per heavy atom. The molecule has 0 aromatic rings. The maximum Gasteiger partial charge on any atom is 0.368 e. The summed E-state index contributed by atoms with van der Waals surface area (Å²) in [5, 5.41) is 0.0117. The quantitative estimate of drug-likeness (QED) is 0.429. The van der Waals surface area contributed by atoms with E-state index in [-0.39, 0.29) is 11.1 Å². The fourth-order valence-corrected chi connectivity index (χ4v) is 2.84. The van der Waals surface area contributed by atoms with Gasteiger partial charge in [0, 0.05) is 0 Å². The van der Waals surface area contributed by atoms with Crippen molar-refractivity contribution in [2.45, 2.75) is 37.4 Å². The number of thioether (sulfide) groups is 1. The van der Waals surface area contributed by atoms with Gasteiger partial charge in [-0.25, -0.2) is 4.79 Å². The van der Waals surface area contributed by atoms with Gasteiger partial charge in [-0.3, -0.25) is 4.79 Å².